The third-order valence-electron chi connectivity index (χ3n) is 5.16. The van der Waals surface area contributed by atoms with E-state index in [0.717, 1.165) is 70.8 Å². The molecule has 1 saturated heterocycles. The SMILES string of the molecule is O=C(Nc1cccc2nsnc12)C1CCN(c2ccc(-c3cccs3)nn2)CC1. The van der Waals surface area contributed by atoms with E-state index in [2.05, 4.69) is 29.2 Å². The van der Waals surface area contributed by atoms with Crippen LogP contribution >= 0.6 is 23.1 Å². The molecule has 3 aromatic heterocycles. The number of hydrogen-bond acceptors (Lipinski definition) is 8. The van der Waals surface area contributed by atoms with Gasteiger partial charge in [0.1, 0.15) is 16.7 Å². The maximum atomic E-state index is 12.8. The minimum absolute atomic E-state index is 0.0218. The van der Waals surface area contributed by atoms with Gasteiger partial charge in [0.05, 0.1) is 22.3 Å². The number of nitrogens with one attached hydrogen (secondary N) is 1. The number of hydrogen-bond donors (Lipinski definition) is 1. The number of thiophene rings is 1. The second-order valence-corrected chi connectivity index (χ2v) is 8.42. The Morgan fingerprint density at radius 3 is 2.69 bits per heavy atom. The van der Waals surface area contributed by atoms with E-state index in [4.69, 9.17) is 0 Å². The van der Waals surface area contributed by atoms with Crippen molar-refractivity contribution in [2.45, 2.75) is 12.8 Å². The van der Waals surface area contributed by atoms with E-state index in [0.29, 0.717) is 0 Å². The standard InChI is InChI=1S/C20H18N6OS2/c27-20(21-15-3-1-4-16-19(15)25-29-24-16)13-8-10-26(11-9-13)18-7-6-14(22-23-18)17-5-2-12-28-17/h1-7,12-13H,8-11H2,(H,21,27). The predicted molar refractivity (Wildman–Crippen MR) is 116 cm³/mol. The van der Waals surface area contributed by atoms with Gasteiger partial charge < -0.3 is 10.2 Å². The summed E-state index contributed by atoms with van der Waals surface area (Å²) in [4.78, 5) is 16.1. The van der Waals surface area contributed by atoms with Crippen molar-refractivity contribution in [3.63, 3.8) is 0 Å². The van der Waals surface area contributed by atoms with E-state index in [-0.39, 0.29) is 11.8 Å². The van der Waals surface area contributed by atoms with Gasteiger partial charge in [-0.3, -0.25) is 4.79 Å². The van der Waals surface area contributed by atoms with Crippen LogP contribution in [0.2, 0.25) is 0 Å². The Hall–Kier alpha value is -2.91. The number of amides is 1. The number of carbonyl (C=O) groups excluding carboxylic acids is 1. The molecule has 1 aliphatic rings. The number of anilines is 2. The minimum Gasteiger partial charge on any atom is -0.355 e. The van der Waals surface area contributed by atoms with Gasteiger partial charge in [0.2, 0.25) is 5.91 Å². The van der Waals surface area contributed by atoms with Crippen LogP contribution < -0.4 is 10.2 Å². The Morgan fingerprint density at radius 1 is 1.03 bits per heavy atom. The number of fused-ring (bicyclic) bond motifs is 1. The maximum absolute atomic E-state index is 12.8. The normalized spacial score (nSPS) is 15.0. The fourth-order valence-corrected chi connectivity index (χ4v) is 4.80. The molecule has 1 aliphatic heterocycles. The van der Waals surface area contributed by atoms with Crippen molar-refractivity contribution >= 4 is 51.5 Å². The Kier molecular flexibility index (Phi) is 4.91. The molecule has 146 valence electrons. The Balaban J connectivity index is 1.21. The molecule has 1 amide bonds. The van der Waals surface area contributed by atoms with Crippen LogP contribution in [-0.4, -0.2) is 37.9 Å². The average molecular weight is 423 g/mol. The summed E-state index contributed by atoms with van der Waals surface area (Å²) in [6.07, 6.45) is 1.57. The van der Waals surface area contributed by atoms with Gasteiger partial charge in [-0.2, -0.15) is 8.75 Å². The molecule has 29 heavy (non-hydrogen) atoms. The number of benzene rings is 1. The molecule has 9 heteroatoms. The van der Waals surface area contributed by atoms with Crippen molar-refractivity contribution in [1.82, 2.24) is 18.9 Å². The van der Waals surface area contributed by atoms with Crippen LogP contribution in [0.15, 0.2) is 47.8 Å². The first-order valence-corrected chi connectivity index (χ1v) is 11.0. The number of rotatable bonds is 4. The summed E-state index contributed by atoms with van der Waals surface area (Å²) in [5.74, 6) is 0.887. The molecule has 1 aromatic carbocycles. The van der Waals surface area contributed by atoms with Gasteiger partial charge in [0.25, 0.3) is 0 Å². The molecule has 1 fully saturated rings. The molecule has 0 radical (unpaired) electrons. The number of piperidine rings is 1. The Labute approximate surface area is 175 Å². The van der Waals surface area contributed by atoms with Crippen LogP contribution in [0, 0.1) is 5.92 Å². The zero-order valence-electron chi connectivity index (χ0n) is 15.5. The quantitative estimate of drug-likeness (QED) is 0.534. The summed E-state index contributed by atoms with van der Waals surface area (Å²) in [5, 5.41) is 13.8. The molecular weight excluding hydrogens is 404 g/mol. The number of carbonyl (C=O) groups is 1. The third kappa shape index (κ3) is 3.70. The Morgan fingerprint density at radius 2 is 1.93 bits per heavy atom. The van der Waals surface area contributed by atoms with E-state index < -0.39 is 0 Å². The van der Waals surface area contributed by atoms with Crippen molar-refractivity contribution < 1.29 is 4.79 Å². The fourth-order valence-electron chi connectivity index (χ4n) is 3.56. The van der Waals surface area contributed by atoms with E-state index in [9.17, 15) is 4.79 Å². The molecule has 0 spiro atoms. The van der Waals surface area contributed by atoms with Crippen molar-refractivity contribution in [3.8, 4) is 10.6 Å². The molecule has 0 aliphatic carbocycles. The molecule has 1 N–H and O–H groups in total. The third-order valence-corrected chi connectivity index (χ3v) is 6.59. The van der Waals surface area contributed by atoms with Crippen LogP contribution in [-0.2, 0) is 4.79 Å². The fraction of sp³-hybridized carbons (Fsp3) is 0.250. The van der Waals surface area contributed by atoms with Gasteiger partial charge in [0.15, 0.2) is 5.82 Å². The van der Waals surface area contributed by atoms with E-state index >= 15 is 0 Å². The molecule has 7 nitrogen and oxygen atoms in total. The van der Waals surface area contributed by atoms with Gasteiger partial charge in [-0.1, -0.05) is 12.1 Å². The van der Waals surface area contributed by atoms with Crippen LogP contribution in [0.1, 0.15) is 12.8 Å². The average Bonchev–Trinajstić information content (AvgIpc) is 3.47. The lowest BCUT2D eigenvalue weighted by Gasteiger charge is -2.31. The summed E-state index contributed by atoms with van der Waals surface area (Å²) in [5.41, 5.74) is 3.19. The number of aromatic nitrogens is 4. The van der Waals surface area contributed by atoms with Gasteiger partial charge >= 0.3 is 0 Å². The molecule has 4 aromatic rings. The first-order chi connectivity index (χ1) is 14.3. The number of nitrogens with zero attached hydrogens (tertiary/aromatic N) is 5. The Bertz CT molecular complexity index is 1120. The monoisotopic (exact) mass is 422 g/mol. The van der Waals surface area contributed by atoms with Crippen LogP contribution in [0.5, 0.6) is 0 Å². The first-order valence-electron chi connectivity index (χ1n) is 9.42. The van der Waals surface area contributed by atoms with Gasteiger partial charge in [-0.25, -0.2) is 0 Å². The van der Waals surface area contributed by atoms with Gasteiger partial charge in [0, 0.05) is 19.0 Å². The lowest BCUT2D eigenvalue weighted by molar-refractivity contribution is -0.120. The summed E-state index contributed by atoms with van der Waals surface area (Å²) in [6.45, 7) is 1.57. The zero-order chi connectivity index (χ0) is 19.6. The van der Waals surface area contributed by atoms with Gasteiger partial charge in [-0.15, -0.1) is 21.5 Å². The highest BCUT2D eigenvalue weighted by molar-refractivity contribution is 7.13. The topological polar surface area (TPSA) is 83.9 Å². The highest BCUT2D eigenvalue weighted by atomic mass is 32.1. The second kappa shape index (κ2) is 7.84. The molecule has 4 heterocycles. The lowest BCUT2D eigenvalue weighted by Crippen LogP contribution is -2.38. The van der Waals surface area contributed by atoms with Crippen molar-refractivity contribution in [2.24, 2.45) is 5.92 Å². The first kappa shape index (κ1) is 18.1. The summed E-state index contributed by atoms with van der Waals surface area (Å²) >= 11 is 2.81. The molecule has 5 rings (SSSR count). The summed E-state index contributed by atoms with van der Waals surface area (Å²) in [6, 6.07) is 13.7. The zero-order valence-corrected chi connectivity index (χ0v) is 17.1. The van der Waals surface area contributed by atoms with Crippen molar-refractivity contribution in [2.75, 3.05) is 23.3 Å². The summed E-state index contributed by atoms with van der Waals surface area (Å²) in [7, 11) is 0. The highest BCUT2D eigenvalue weighted by Gasteiger charge is 2.26. The maximum Gasteiger partial charge on any atom is 0.227 e. The molecule has 0 saturated carbocycles. The van der Waals surface area contributed by atoms with Crippen molar-refractivity contribution in [1.29, 1.82) is 0 Å². The highest BCUT2D eigenvalue weighted by Crippen LogP contribution is 2.27. The summed E-state index contributed by atoms with van der Waals surface area (Å²) < 4.78 is 8.51. The molecule has 0 atom stereocenters. The van der Waals surface area contributed by atoms with Crippen molar-refractivity contribution in [3.05, 3.63) is 47.8 Å². The largest absolute Gasteiger partial charge is 0.355 e. The smallest absolute Gasteiger partial charge is 0.227 e. The lowest BCUT2D eigenvalue weighted by atomic mass is 9.95. The van der Waals surface area contributed by atoms with E-state index in [1.807, 2.05) is 47.8 Å². The molecule has 0 unspecified atom stereocenters. The minimum atomic E-state index is -0.0218. The molecule has 0 bridgehead atoms. The van der Waals surface area contributed by atoms with Crippen LogP contribution in [0.25, 0.3) is 21.6 Å². The van der Waals surface area contributed by atoms with Crippen LogP contribution in [0.4, 0.5) is 11.5 Å². The second-order valence-electron chi connectivity index (χ2n) is 6.94. The molecular formula is C20H18N6OS2. The van der Waals surface area contributed by atoms with E-state index in [1.54, 1.807) is 11.3 Å². The van der Waals surface area contributed by atoms with Crippen LogP contribution in [0.3, 0.4) is 0 Å². The predicted octanol–water partition coefficient (Wildman–Crippen LogP) is 4.06. The van der Waals surface area contributed by atoms with E-state index in [1.165, 1.54) is 0 Å². The van der Waals surface area contributed by atoms with Gasteiger partial charge in [-0.05, 0) is 48.6 Å².